The van der Waals surface area contributed by atoms with Crippen LogP contribution in [0.1, 0.15) is 106 Å². The Kier molecular flexibility index (Phi) is 7.41. The molecule has 0 aliphatic carbocycles. The minimum atomic E-state index is -0.324. The van der Waals surface area contributed by atoms with Crippen LogP contribution in [-0.2, 0) is 17.4 Å². The number of amidine groups is 1. The van der Waals surface area contributed by atoms with Gasteiger partial charge in [0.15, 0.2) is 5.78 Å². The third-order valence-corrected chi connectivity index (χ3v) is 6.53. The Bertz CT molecular complexity index is 1200. The molecular weight excluding hydrogens is 450 g/mol. The number of hydrogen-bond donors (Lipinski definition) is 2. The molecule has 2 heterocycles. The van der Waals surface area contributed by atoms with Crippen LogP contribution in [0.4, 0.5) is 0 Å². The maximum Gasteiger partial charge on any atom is 0.182 e. The second kappa shape index (κ2) is 9.72. The van der Waals surface area contributed by atoms with Crippen molar-refractivity contribution in [2.45, 2.75) is 86.6 Å². The van der Waals surface area contributed by atoms with E-state index < -0.39 is 0 Å². The summed E-state index contributed by atoms with van der Waals surface area (Å²) in [7, 11) is 0. The Morgan fingerprint density at radius 3 is 2.17 bits per heavy atom. The van der Waals surface area contributed by atoms with Gasteiger partial charge < -0.3 is 14.7 Å². The number of hydrogen-bond acceptors (Lipinski definition) is 5. The van der Waals surface area contributed by atoms with Gasteiger partial charge in [-0.2, -0.15) is 0 Å². The van der Waals surface area contributed by atoms with Crippen molar-refractivity contribution in [3.05, 3.63) is 56.9 Å². The summed E-state index contributed by atoms with van der Waals surface area (Å²) in [5.41, 5.74) is 5.72. The second-order valence-electron chi connectivity index (χ2n) is 12.0. The molecule has 0 radical (unpaired) electrons. The van der Waals surface area contributed by atoms with E-state index in [2.05, 4.69) is 0 Å². The number of carbonyl (C=O) groups is 1. The highest BCUT2D eigenvalue weighted by atomic mass is 16.5. The quantitative estimate of drug-likeness (QED) is 0.448. The number of nitrogens with one attached hydrogen (secondary N) is 1. The van der Waals surface area contributed by atoms with Crippen LogP contribution >= 0.6 is 0 Å². The van der Waals surface area contributed by atoms with Crippen LogP contribution in [0.15, 0.2) is 17.7 Å². The molecule has 0 spiro atoms. The van der Waals surface area contributed by atoms with Crippen molar-refractivity contribution in [1.29, 1.82) is 5.41 Å². The molecule has 2 aromatic rings. The summed E-state index contributed by atoms with van der Waals surface area (Å²) in [6, 6.07) is 3.62. The van der Waals surface area contributed by atoms with E-state index in [1.54, 1.807) is 4.90 Å². The van der Waals surface area contributed by atoms with Gasteiger partial charge in [-0.1, -0.05) is 47.1 Å². The number of Topliss-reactive ketones (excluding diaryl/α,β-unsaturated/α-hetero) is 1. The Morgan fingerprint density at radius 2 is 1.69 bits per heavy atom. The molecule has 0 saturated heterocycles. The number of pyridine rings is 1. The van der Waals surface area contributed by atoms with Gasteiger partial charge in [0.1, 0.15) is 28.7 Å². The van der Waals surface area contributed by atoms with Gasteiger partial charge in [0, 0.05) is 34.4 Å². The SMILES string of the molecule is CCOc1c(C=C(C)C)nc2c(c1C)CN(CC(=O)c1cc(C(C)(C)C)c(O)c(C(C)(C)C)c1)C2=N. The third-order valence-electron chi connectivity index (χ3n) is 6.53. The fourth-order valence-electron chi connectivity index (χ4n) is 4.59. The lowest BCUT2D eigenvalue weighted by Gasteiger charge is -2.28. The van der Waals surface area contributed by atoms with Crippen molar-refractivity contribution < 1.29 is 14.6 Å². The van der Waals surface area contributed by atoms with E-state index in [1.807, 2.05) is 87.4 Å². The molecule has 0 atom stereocenters. The second-order valence-corrected chi connectivity index (χ2v) is 12.0. The number of ketones is 1. The molecule has 6 nitrogen and oxygen atoms in total. The van der Waals surface area contributed by atoms with Crippen LogP contribution in [0.3, 0.4) is 0 Å². The average molecular weight is 492 g/mol. The number of nitrogens with zero attached hydrogens (tertiary/aromatic N) is 2. The number of aromatic nitrogens is 1. The smallest absolute Gasteiger partial charge is 0.182 e. The molecule has 36 heavy (non-hydrogen) atoms. The molecule has 0 unspecified atom stereocenters. The lowest BCUT2D eigenvalue weighted by atomic mass is 9.78. The van der Waals surface area contributed by atoms with Crippen molar-refractivity contribution in [3.8, 4) is 11.5 Å². The molecule has 1 aliphatic rings. The summed E-state index contributed by atoms with van der Waals surface area (Å²) in [6.45, 7) is 21.2. The van der Waals surface area contributed by atoms with Crippen molar-refractivity contribution in [3.63, 3.8) is 0 Å². The van der Waals surface area contributed by atoms with Gasteiger partial charge in [-0.3, -0.25) is 10.2 Å². The summed E-state index contributed by atoms with van der Waals surface area (Å²) in [5.74, 6) is 1.15. The average Bonchev–Trinajstić information content (AvgIpc) is 3.04. The number of rotatable bonds is 6. The summed E-state index contributed by atoms with van der Waals surface area (Å²) in [4.78, 5) is 20.1. The monoisotopic (exact) mass is 491 g/mol. The number of ether oxygens (including phenoxy) is 1. The van der Waals surface area contributed by atoms with E-state index in [-0.39, 0.29) is 34.7 Å². The van der Waals surface area contributed by atoms with Gasteiger partial charge in [-0.15, -0.1) is 0 Å². The van der Waals surface area contributed by atoms with Gasteiger partial charge >= 0.3 is 0 Å². The third kappa shape index (κ3) is 5.32. The lowest BCUT2D eigenvalue weighted by molar-refractivity contribution is 0.0962. The largest absolute Gasteiger partial charge is 0.507 e. The van der Waals surface area contributed by atoms with Crippen LogP contribution < -0.4 is 4.74 Å². The fourth-order valence-corrected chi connectivity index (χ4v) is 4.59. The Balaban J connectivity index is 2.00. The maximum atomic E-state index is 13.6. The van der Waals surface area contributed by atoms with E-state index in [4.69, 9.17) is 15.1 Å². The molecular formula is C30H41N3O3. The number of phenolic OH excluding ortho intramolecular Hbond substituents is 1. The van der Waals surface area contributed by atoms with Gasteiger partial charge in [0.05, 0.1) is 13.2 Å². The summed E-state index contributed by atoms with van der Waals surface area (Å²) >= 11 is 0. The molecule has 0 bridgehead atoms. The standard InChI is InChI=1S/C30H41N3O3/c1-11-36-27-18(4)20-15-33(28(31)25(20)32-23(27)12-17(2)3)16-24(34)19-13-21(29(5,6)7)26(35)22(14-19)30(8,9)10/h12-14,31,35H,11,15-16H2,1-10H3. The molecule has 1 aromatic carbocycles. The van der Waals surface area contributed by atoms with E-state index in [0.717, 1.165) is 33.6 Å². The number of allylic oxidation sites excluding steroid dienone is 1. The van der Waals surface area contributed by atoms with Gasteiger partial charge in [0.2, 0.25) is 0 Å². The zero-order chi connectivity index (χ0) is 27.2. The topological polar surface area (TPSA) is 86.5 Å². The molecule has 2 N–H and O–H groups in total. The number of aromatic hydroxyl groups is 1. The zero-order valence-corrected chi connectivity index (χ0v) is 23.5. The maximum absolute atomic E-state index is 13.6. The first kappa shape index (κ1) is 27.4. The number of fused-ring (bicyclic) bond motifs is 1. The highest BCUT2D eigenvalue weighted by molar-refractivity contribution is 6.05. The Morgan fingerprint density at radius 1 is 1.14 bits per heavy atom. The number of benzene rings is 1. The Labute approximate surface area is 215 Å². The van der Waals surface area contributed by atoms with Crippen LogP contribution in [0.25, 0.3) is 6.08 Å². The van der Waals surface area contributed by atoms with Crippen molar-refractivity contribution in [1.82, 2.24) is 9.88 Å². The molecule has 1 aliphatic heterocycles. The summed E-state index contributed by atoms with van der Waals surface area (Å²) in [5, 5.41) is 19.8. The molecule has 194 valence electrons. The molecule has 0 amide bonds. The first-order chi connectivity index (χ1) is 16.6. The molecule has 3 rings (SSSR count). The van der Waals surface area contributed by atoms with E-state index in [1.165, 1.54) is 0 Å². The van der Waals surface area contributed by atoms with Gasteiger partial charge in [-0.05, 0) is 56.7 Å². The number of phenols is 1. The van der Waals surface area contributed by atoms with Crippen LogP contribution in [-0.4, -0.2) is 39.8 Å². The van der Waals surface area contributed by atoms with Crippen LogP contribution in [0.2, 0.25) is 0 Å². The molecule has 1 aromatic heterocycles. The molecule has 0 saturated carbocycles. The molecule has 6 heteroatoms. The lowest BCUT2D eigenvalue weighted by Crippen LogP contribution is -2.31. The molecule has 0 fully saturated rings. The minimum Gasteiger partial charge on any atom is -0.507 e. The summed E-state index contributed by atoms with van der Waals surface area (Å²) < 4.78 is 5.93. The van der Waals surface area contributed by atoms with Crippen molar-refractivity contribution >= 4 is 17.7 Å². The van der Waals surface area contributed by atoms with E-state index >= 15 is 0 Å². The summed E-state index contributed by atoms with van der Waals surface area (Å²) in [6.07, 6.45) is 1.97. The first-order valence-electron chi connectivity index (χ1n) is 12.6. The zero-order valence-electron chi connectivity index (χ0n) is 23.5. The van der Waals surface area contributed by atoms with Gasteiger partial charge in [-0.25, -0.2) is 4.98 Å². The fraction of sp³-hybridized carbons (Fsp3) is 0.500. The van der Waals surface area contributed by atoms with Crippen molar-refractivity contribution in [2.75, 3.05) is 13.2 Å². The normalized spacial score (nSPS) is 13.6. The van der Waals surface area contributed by atoms with Crippen molar-refractivity contribution in [2.24, 2.45) is 0 Å². The number of carbonyl (C=O) groups excluding carboxylic acids is 1. The predicted molar refractivity (Wildman–Crippen MR) is 147 cm³/mol. The Hall–Kier alpha value is -3.15. The van der Waals surface area contributed by atoms with Crippen LogP contribution in [0.5, 0.6) is 11.5 Å². The minimum absolute atomic E-state index is 0.0640. The predicted octanol–water partition coefficient (Wildman–Crippen LogP) is 6.54. The first-order valence-corrected chi connectivity index (χ1v) is 12.6. The van der Waals surface area contributed by atoms with Crippen LogP contribution in [0, 0.1) is 12.3 Å². The highest BCUT2D eigenvalue weighted by Gasteiger charge is 2.33. The van der Waals surface area contributed by atoms with Gasteiger partial charge in [0.25, 0.3) is 0 Å². The highest BCUT2D eigenvalue weighted by Crippen LogP contribution is 2.40. The van der Waals surface area contributed by atoms with E-state index in [0.29, 0.717) is 30.1 Å². The van der Waals surface area contributed by atoms with E-state index in [9.17, 15) is 9.90 Å².